The molecule has 4 rings (SSSR count). The average molecular weight is 414 g/mol. The molecule has 0 spiro atoms. The predicted molar refractivity (Wildman–Crippen MR) is 110 cm³/mol. The highest BCUT2D eigenvalue weighted by Gasteiger charge is 2.37. The van der Waals surface area contributed by atoms with Crippen LogP contribution in [0.1, 0.15) is 34.2 Å². The van der Waals surface area contributed by atoms with Crippen molar-refractivity contribution in [3.63, 3.8) is 0 Å². The van der Waals surface area contributed by atoms with Crippen LogP contribution in [0.2, 0.25) is 0 Å². The number of aliphatic imine (C=N–C) groups is 1. The van der Waals surface area contributed by atoms with Gasteiger partial charge in [-0.1, -0.05) is 6.57 Å². The average Bonchev–Trinajstić information content (AvgIpc) is 3.18. The quantitative estimate of drug-likeness (QED) is 0.637. The first-order valence-electron chi connectivity index (χ1n) is 9.11. The van der Waals surface area contributed by atoms with Crippen LogP contribution < -0.4 is 11.1 Å². The molecule has 0 aliphatic carbocycles. The Bertz CT molecular complexity index is 1310. The second-order valence-electron chi connectivity index (χ2n) is 7.12. The lowest BCUT2D eigenvalue weighted by Gasteiger charge is -2.30. The van der Waals surface area contributed by atoms with Crippen LogP contribution >= 0.6 is 0 Å². The second kappa shape index (κ2) is 7.35. The van der Waals surface area contributed by atoms with E-state index in [1.54, 1.807) is 6.92 Å². The molecule has 2 aromatic heterocycles. The van der Waals surface area contributed by atoms with Crippen LogP contribution in [0, 0.1) is 23.7 Å². The lowest BCUT2D eigenvalue weighted by Crippen LogP contribution is -2.37. The lowest BCUT2D eigenvalue weighted by atomic mass is 9.90. The Kier molecular flexibility index (Phi) is 4.68. The first-order valence-corrected chi connectivity index (χ1v) is 9.11. The molecule has 9 nitrogen and oxygen atoms in total. The van der Waals surface area contributed by atoms with Crippen molar-refractivity contribution in [2.45, 2.75) is 19.0 Å². The molecule has 3 aromatic rings. The third kappa shape index (κ3) is 3.58. The number of benzene rings is 1. The zero-order valence-electron chi connectivity index (χ0n) is 16.3. The molecule has 0 bridgehead atoms. The Morgan fingerprint density at radius 3 is 2.87 bits per heavy atom. The van der Waals surface area contributed by atoms with Crippen LogP contribution in [0.25, 0.3) is 4.85 Å². The van der Waals surface area contributed by atoms with Gasteiger partial charge in [0.2, 0.25) is 0 Å². The van der Waals surface area contributed by atoms with Crippen LogP contribution in [0.3, 0.4) is 0 Å². The molecule has 3 N–H and O–H groups in total. The van der Waals surface area contributed by atoms with Crippen LogP contribution in [0.5, 0.6) is 0 Å². The molecule has 3 heterocycles. The third-order valence-electron chi connectivity index (χ3n) is 4.90. The highest BCUT2D eigenvalue weighted by molar-refractivity contribution is 6.03. The number of nitrogens with two attached hydrogens (primary N) is 1. The Balaban J connectivity index is 1.65. The van der Waals surface area contributed by atoms with E-state index in [-0.39, 0.29) is 29.5 Å². The van der Waals surface area contributed by atoms with Crippen molar-refractivity contribution in [2.24, 2.45) is 10.7 Å². The number of halogens is 1. The minimum atomic E-state index is -1.10. The normalized spacial score (nSPS) is 17.1. The van der Waals surface area contributed by atoms with E-state index >= 15 is 0 Å². The minimum absolute atomic E-state index is 0.115. The molecule has 0 saturated carbocycles. The molecule has 31 heavy (non-hydrogen) atoms. The number of nitrogens with one attached hydrogen (secondary N) is 1. The van der Waals surface area contributed by atoms with Crippen LogP contribution in [-0.2, 0) is 12.1 Å². The van der Waals surface area contributed by atoms with E-state index in [2.05, 4.69) is 25.2 Å². The summed E-state index contributed by atoms with van der Waals surface area (Å²) in [4.78, 5) is 24.2. The van der Waals surface area contributed by atoms with E-state index < -0.39 is 17.3 Å². The summed E-state index contributed by atoms with van der Waals surface area (Å²) in [6, 6.07) is 10.5. The largest absolute Gasteiger partial charge is 0.382 e. The monoisotopic (exact) mass is 414 g/mol. The summed E-state index contributed by atoms with van der Waals surface area (Å²) < 4.78 is 16.3. The van der Waals surface area contributed by atoms with E-state index in [9.17, 15) is 9.18 Å². The van der Waals surface area contributed by atoms with Crippen LogP contribution in [0.15, 0.2) is 47.6 Å². The van der Waals surface area contributed by atoms with Crippen molar-refractivity contribution in [2.75, 3.05) is 5.32 Å². The molecule has 1 aliphatic rings. The summed E-state index contributed by atoms with van der Waals surface area (Å²) in [5.41, 5.74) is 6.47. The van der Waals surface area contributed by atoms with Crippen molar-refractivity contribution in [3.05, 3.63) is 82.3 Å². The summed E-state index contributed by atoms with van der Waals surface area (Å²) in [6.45, 7) is 8.99. The molecule has 0 saturated heterocycles. The number of hydrogen-bond donors (Lipinski definition) is 2. The van der Waals surface area contributed by atoms with E-state index in [0.29, 0.717) is 16.9 Å². The minimum Gasteiger partial charge on any atom is -0.382 e. The number of carbonyl (C=O) groups excluding carboxylic acids is 1. The van der Waals surface area contributed by atoms with Crippen LogP contribution in [0.4, 0.5) is 15.9 Å². The van der Waals surface area contributed by atoms with Crippen molar-refractivity contribution >= 4 is 23.2 Å². The Morgan fingerprint density at radius 1 is 1.39 bits per heavy atom. The molecule has 1 atom stereocenters. The van der Waals surface area contributed by atoms with Gasteiger partial charge in [-0.05, 0) is 48.4 Å². The molecule has 0 radical (unpaired) electrons. The van der Waals surface area contributed by atoms with E-state index in [1.807, 2.05) is 6.07 Å². The first-order chi connectivity index (χ1) is 14.8. The molecule has 152 valence electrons. The summed E-state index contributed by atoms with van der Waals surface area (Å²) >= 11 is 0. The van der Waals surface area contributed by atoms with Gasteiger partial charge in [-0.25, -0.2) is 9.37 Å². The molecule has 1 aliphatic heterocycles. The number of aromatic nitrogens is 3. The van der Waals surface area contributed by atoms with E-state index in [4.69, 9.17) is 17.6 Å². The number of nitriles is 1. The van der Waals surface area contributed by atoms with Gasteiger partial charge in [0.1, 0.15) is 34.6 Å². The Morgan fingerprint density at radius 2 is 2.19 bits per heavy atom. The maximum atomic E-state index is 14.8. The van der Waals surface area contributed by atoms with E-state index in [1.165, 1.54) is 47.3 Å². The van der Waals surface area contributed by atoms with Crippen molar-refractivity contribution in [3.8, 4) is 6.07 Å². The van der Waals surface area contributed by atoms with Gasteiger partial charge in [0, 0.05) is 17.4 Å². The fourth-order valence-corrected chi connectivity index (χ4v) is 3.39. The number of fused-ring (bicyclic) bond motifs is 1. The fourth-order valence-electron chi connectivity index (χ4n) is 3.39. The Labute approximate surface area is 176 Å². The van der Waals surface area contributed by atoms with Crippen molar-refractivity contribution in [1.29, 1.82) is 5.26 Å². The molecular formula is C21H15FN8O. The number of anilines is 1. The van der Waals surface area contributed by atoms with Crippen molar-refractivity contribution < 1.29 is 9.18 Å². The topological polar surface area (TPSA) is 126 Å². The van der Waals surface area contributed by atoms with Gasteiger partial charge >= 0.3 is 0 Å². The van der Waals surface area contributed by atoms with Crippen molar-refractivity contribution in [1.82, 2.24) is 14.8 Å². The first kappa shape index (κ1) is 19.7. The van der Waals surface area contributed by atoms with Gasteiger partial charge in [0.15, 0.2) is 0 Å². The van der Waals surface area contributed by atoms with Gasteiger partial charge in [0.25, 0.3) is 11.7 Å². The fraction of sp³-hybridized carbons (Fsp3) is 0.143. The maximum absolute atomic E-state index is 14.8. The SMILES string of the molecule is [C-]#[N+]c1cc2n(n1)CC(C)(c1cc(NC(=O)c3ccc(C#N)cn3)ccc1F)N=C2N. The van der Waals surface area contributed by atoms with Gasteiger partial charge in [-0.15, -0.1) is 0 Å². The summed E-state index contributed by atoms with van der Waals surface area (Å²) in [5, 5.41) is 15.7. The number of carbonyl (C=O) groups is 1. The predicted octanol–water partition coefficient (Wildman–Crippen LogP) is 2.73. The summed E-state index contributed by atoms with van der Waals surface area (Å²) in [6.07, 6.45) is 1.30. The molecule has 1 aromatic carbocycles. The van der Waals surface area contributed by atoms with Gasteiger partial charge in [-0.3, -0.25) is 9.79 Å². The van der Waals surface area contributed by atoms with Gasteiger partial charge in [-0.2, -0.15) is 9.94 Å². The maximum Gasteiger partial charge on any atom is 0.296 e. The number of amides is 1. The number of hydrogen-bond acceptors (Lipinski definition) is 6. The van der Waals surface area contributed by atoms with Gasteiger partial charge < -0.3 is 15.9 Å². The summed E-state index contributed by atoms with van der Waals surface area (Å²) in [7, 11) is 0. The molecular weight excluding hydrogens is 399 g/mol. The zero-order chi connectivity index (χ0) is 22.2. The number of nitrogens with zero attached hydrogens (tertiary/aromatic N) is 6. The van der Waals surface area contributed by atoms with Crippen LogP contribution in [-0.4, -0.2) is 26.5 Å². The lowest BCUT2D eigenvalue weighted by molar-refractivity contribution is 0.102. The third-order valence-corrected chi connectivity index (χ3v) is 4.90. The molecule has 1 amide bonds. The Hall–Kier alpha value is -4.57. The number of amidine groups is 1. The molecule has 10 heteroatoms. The smallest absolute Gasteiger partial charge is 0.296 e. The number of rotatable bonds is 3. The molecule has 1 unspecified atom stereocenters. The highest BCUT2D eigenvalue weighted by atomic mass is 19.1. The highest BCUT2D eigenvalue weighted by Crippen LogP contribution is 2.35. The molecule has 0 fully saturated rings. The van der Waals surface area contributed by atoms with E-state index in [0.717, 1.165) is 0 Å². The number of pyridine rings is 1. The second-order valence-corrected chi connectivity index (χ2v) is 7.12. The van der Waals surface area contributed by atoms with Gasteiger partial charge in [0.05, 0.1) is 12.1 Å². The summed E-state index contributed by atoms with van der Waals surface area (Å²) in [5.74, 6) is -0.704. The standard InChI is InChI=1S/C21H15FN8O/c1-21(11-30-17(19(24)28-21)8-18(25-2)29-30)14-7-13(4-5-15(14)22)27-20(31)16-6-3-12(9-23)10-26-16/h3-8,10H,11H2,1H3,(H2,24,28)(H,27,31). The zero-order valence-corrected chi connectivity index (χ0v) is 16.3.